The SMILES string of the molecule is CCCN(CC(=O)O)C(=O)c1cc(C2CC2)n(C(C)(C)C)n1. The molecule has 0 aromatic carbocycles. The lowest BCUT2D eigenvalue weighted by Gasteiger charge is -2.22. The maximum atomic E-state index is 12.6. The summed E-state index contributed by atoms with van der Waals surface area (Å²) in [5.74, 6) is -0.819. The van der Waals surface area contributed by atoms with E-state index < -0.39 is 5.97 Å². The average molecular weight is 307 g/mol. The molecule has 1 aromatic rings. The molecule has 1 aliphatic rings. The molecule has 0 saturated heterocycles. The van der Waals surface area contributed by atoms with Crippen LogP contribution in [-0.4, -0.2) is 44.8 Å². The first-order chi connectivity index (χ1) is 10.2. The number of carboxylic acids is 1. The topological polar surface area (TPSA) is 75.4 Å². The van der Waals surface area contributed by atoms with E-state index in [9.17, 15) is 9.59 Å². The number of aromatic nitrogens is 2. The normalized spacial score (nSPS) is 14.9. The second-order valence-electron chi connectivity index (χ2n) is 6.93. The van der Waals surface area contributed by atoms with Gasteiger partial charge in [-0.15, -0.1) is 0 Å². The minimum atomic E-state index is -1.00. The second-order valence-corrected chi connectivity index (χ2v) is 6.93. The maximum absolute atomic E-state index is 12.6. The van der Waals surface area contributed by atoms with E-state index >= 15 is 0 Å². The van der Waals surface area contributed by atoms with Crippen molar-refractivity contribution in [2.75, 3.05) is 13.1 Å². The number of aliphatic carboxylic acids is 1. The zero-order valence-electron chi connectivity index (χ0n) is 13.8. The van der Waals surface area contributed by atoms with Crippen LogP contribution in [0.15, 0.2) is 6.07 Å². The summed E-state index contributed by atoms with van der Waals surface area (Å²) in [4.78, 5) is 24.9. The van der Waals surface area contributed by atoms with E-state index in [4.69, 9.17) is 5.11 Å². The molecule has 2 rings (SSSR count). The predicted molar refractivity (Wildman–Crippen MR) is 83.0 cm³/mol. The Morgan fingerprint density at radius 2 is 2.05 bits per heavy atom. The molecule has 0 unspecified atom stereocenters. The molecule has 1 amide bonds. The summed E-state index contributed by atoms with van der Waals surface area (Å²) in [5.41, 5.74) is 1.24. The van der Waals surface area contributed by atoms with Gasteiger partial charge in [-0.25, -0.2) is 0 Å². The Balaban J connectivity index is 2.30. The first-order valence-electron chi connectivity index (χ1n) is 7.85. The number of hydrogen-bond acceptors (Lipinski definition) is 3. The molecule has 0 aliphatic heterocycles. The molecule has 22 heavy (non-hydrogen) atoms. The molecule has 6 nitrogen and oxygen atoms in total. The summed E-state index contributed by atoms with van der Waals surface area (Å²) < 4.78 is 1.92. The van der Waals surface area contributed by atoms with Crippen molar-refractivity contribution < 1.29 is 14.7 Å². The molecule has 1 aromatic heterocycles. The number of amides is 1. The fourth-order valence-electron chi connectivity index (χ4n) is 2.55. The number of carbonyl (C=O) groups excluding carboxylic acids is 1. The molecule has 1 heterocycles. The van der Waals surface area contributed by atoms with E-state index in [1.165, 1.54) is 4.90 Å². The van der Waals surface area contributed by atoms with E-state index in [1.807, 2.05) is 17.7 Å². The Morgan fingerprint density at radius 3 is 2.50 bits per heavy atom. The number of hydrogen-bond donors (Lipinski definition) is 1. The number of carbonyl (C=O) groups is 2. The third kappa shape index (κ3) is 3.67. The lowest BCUT2D eigenvalue weighted by molar-refractivity contribution is -0.137. The number of nitrogens with zero attached hydrogens (tertiary/aromatic N) is 3. The van der Waals surface area contributed by atoms with Crippen molar-refractivity contribution >= 4 is 11.9 Å². The molecule has 0 bridgehead atoms. The molecule has 0 radical (unpaired) electrons. The van der Waals surface area contributed by atoms with Gasteiger partial charge in [0.1, 0.15) is 6.54 Å². The summed E-state index contributed by atoms with van der Waals surface area (Å²) in [6.45, 7) is 8.23. The molecule has 1 fully saturated rings. The van der Waals surface area contributed by atoms with Gasteiger partial charge in [0.2, 0.25) is 0 Å². The van der Waals surface area contributed by atoms with E-state index in [-0.39, 0.29) is 18.0 Å². The van der Waals surface area contributed by atoms with Crippen LogP contribution in [0.25, 0.3) is 0 Å². The van der Waals surface area contributed by atoms with Crippen molar-refractivity contribution in [2.45, 2.75) is 58.4 Å². The first kappa shape index (κ1) is 16.5. The van der Waals surface area contributed by atoms with Gasteiger partial charge >= 0.3 is 5.97 Å². The highest BCUT2D eigenvalue weighted by atomic mass is 16.4. The monoisotopic (exact) mass is 307 g/mol. The van der Waals surface area contributed by atoms with Gasteiger partial charge in [0.15, 0.2) is 5.69 Å². The summed E-state index contributed by atoms with van der Waals surface area (Å²) in [6.07, 6.45) is 2.97. The molecular formula is C16H25N3O3. The van der Waals surface area contributed by atoms with E-state index in [1.54, 1.807) is 0 Å². The maximum Gasteiger partial charge on any atom is 0.323 e. The molecule has 0 spiro atoms. The number of carboxylic acid groups (broad SMARTS) is 1. The van der Waals surface area contributed by atoms with Crippen LogP contribution in [-0.2, 0) is 10.3 Å². The highest BCUT2D eigenvalue weighted by Gasteiger charge is 2.33. The van der Waals surface area contributed by atoms with Gasteiger partial charge in [-0.3, -0.25) is 14.3 Å². The lowest BCUT2D eigenvalue weighted by Crippen LogP contribution is -2.36. The summed E-state index contributed by atoms with van der Waals surface area (Å²) in [7, 11) is 0. The average Bonchev–Trinajstić information content (AvgIpc) is 3.14. The van der Waals surface area contributed by atoms with Crippen molar-refractivity contribution in [3.8, 4) is 0 Å². The van der Waals surface area contributed by atoms with Crippen molar-refractivity contribution in [1.82, 2.24) is 14.7 Å². The molecule has 1 aliphatic carbocycles. The zero-order valence-corrected chi connectivity index (χ0v) is 13.8. The summed E-state index contributed by atoms with van der Waals surface area (Å²) in [6, 6.07) is 1.84. The fraction of sp³-hybridized carbons (Fsp3) is 0.688. The van der Waals surface area contributed by atoms with Gasteiger partial charge in [0, 0.05) is 18.2 Å². The van der Waals surface area contributed by atoms with Crippen LogP contribution >= 0.6 is 0 Å². The van der Waals surface area contributed by atoms with Gasteiger partial charge in [0.25, 0.3) is 5.91 Å². The zero-order chi connectivity index (χ0) is 16.5. The van der Waals surface area contributed by atoms with Gasteiger partial charge in [-0.2, -0.15) is 5.10 Å². The third-order valence-electron chi connectivity index (χ3n) is 3.69. The van der Waals surface area contributed by atoms with Crippen LogP contribution in [0, 0.1) is 0 Å². The van der Waals surface area contributed by atoms with E-state index in [0.29, 0.717) is 24.6 Å². The van der Waals surface area contributed by atoms with Gasteiger partial charge < -0.3 is 10.0 Å². The summed E-state index contributed by atoms with van der Waals surface area (Å²) in [5, 5.41) is 13.5. The fourth-order valence-corrected chi connectivity index (χ4v) is 2.55. The van der Waals surface area contributed by atoms with Crippen LogP contribution in [0.2, 0.25) is 0 Å². The van der Waals surface area contributed by atoms with Crippen LogP contribution in [0.1, 0.15) is 69.1 Å². The Bertz CT molecular complexity index is 568. The highest BCUT2D eigenvalue weighted by molar-refractivity contribution is 5.94. The molecule has 122 valence electrons. The van der Waals surface area contributed by atoms with Gasteiger partial charge in [-0.05, 0) is 46.1 Å². The molecular weight excluding hydrogens is 282 g/mol. The Morgan fingerprint density at radius 1 is 1.41 bits per heavy atom. The van der Waals surface area contributed by atoms with E-state index in [2.05, 4.69) is 25.9 Å². The third-order valence-corrected chi connectivity index (χ3v) is 3.69. The molecule has 0 atom stereocenters. The summed E-state index contributed by atoms with van der Waals surface area (Å²) >= 11 is 0. The predicted octanol–water partition coefficient (Wildman–Crippen LogP) is 2.45. The van der Waals surface area contributed by atoms with Crippen LogP contribution in [0.3, 0.4) is 0 Å². The smallest absolute Gasteiger partial charge is 0.323 e. The molecule has 6 heteroatoms. The Labute approximate surface area is 131 Å². The Kier molecular flexibility index (Phi) is 4.58. The van der Waals surface area contributed by atoms with Crippen molar-refractivity contribution in [2.24, 2.45) is 0 Å². The lowest BCUT2D eigenvalue weighted by atomic mass is 10.1. The van der Waals surface area contributed by atoms with Crippen LogP contribution in [0.5, 0.6) is 0 Å². The van der Waals surface area contributed by atoms with Crippen molar-refractivity contribution in [1.29, 1.82) is 0 Å². The molecule has 1 N–H and O–H groups in total. The highest BCUT2D eigenvalue weighted by Crippen LogP contribution is 2.41. The molecule has 1 saturated carbocycles. The minimum absolute atomic E-state index is 0.196. The largest absolute Gasteiger partial charge is 0.480 e. The quantitative estimate of drug-likeness (QED) is 0.876. The minimum Gasteiger partial charge on any atom is -0.480 e. The van der Waals surface area contributed by atoms with Gasteiger partial charge in [0.05, 0.1) is 5.54 Å². The van der Waals surface area contributed by atoms with E-state index in [0.717, 1.165) is 18.5 Å². The van der Waals surface area contributed by atoms with Gasteiger partial charge in [-0.1, -0.05) is 6.92 Å². The number of rotatable bonds is 6. The first-order valence-corrected chi connectivity index (χ1v) is 7.85. The van der Waals surface area contributed by atoms with Crippen LogP contribution in [0.4, 0.5) is 0 Å². The Hall–Kier alpha value is -1.85. The second kappa shape index (κ2) is 6.10. The standard InChI is InChI=1S/C16H25N3O3/c1-5-8-18(10-14(20)21)15(22)12-9-13(11-6-7-11)19(17-12)16(2,3)4/h9,11H,5-8,10H2,1-4H3,(H,20,21). The van der Waals surface area contributed by atoms with Crippen LogP contribution < -0.4 is 0 Å². The van der Waals surface area contributed by atoms with Crippen molar-refractivity contribution in [3.05, 3.63) is 17.5 Å². The van der Waals surface area contributed by atoms with Crippen molar-refractivity contribution in [3.63, 3.8) is 0 Å².